The Labute approximate surface area is 238 Å². The Bertz CT molecular complexity index is 802. The average Bonchev–Trinajstić information content (AvgIpc) is 3.01. The van der Waals surface area contributed by atoms with Crippen LogP contribution < -0.4 is 11.1 Å². The maximum absolute atomic E-state index is 13.1. The first-order chi connectivity index (χ1) is 18.4. The fourth-order valence-corrected chi connectivity index (χ4v) is 4.24. The van der Waals surface area contributed by atoms with Crippen LogP contribution in [0.1, 0.15) is 79.6 Å². The summed E-state index contributed by atoms with van der Waals surface area (Å²) < 4.78 is 17.4. The number of hydrogen-bond donors (Lipinski definition) is 2. The number of methoxy groups -OCH3 is 1. The highest BCUT2D eigenvalue weighted by Gasteiger charge is 2.38. The Kier molecular flexibility index (Phi) is 16.6. The van der Waals surface area contributed by atoms with E-state index in [1.807, 2.05) is 45.1 Å². The molecule has 0 aromatic carbocycles. The van der Waals surface area contributed by atoms with Crippen LogP contribution >= 0.6 is 0 Å². The third-order valence-corrected chi connectivity index (χ3v) is 7.62. The molecule has 0 aliphatic carbocycles. The Morgan fingerprint density at radius 1 is 1.15 bits per heavy atom. The Hall–Kier alpha value is -1.94. The van der Waals surface area contributed by atoms with Crippen molar-refractivity contribution in [3.63, 3.8) is 0 Å². The minimum Gasteiger partial charge on any atom is -0.432 e. The van der Waals surface area contributed by atoms with E-state index in [1.54, 1.807) is 12.0 Å². The number of nitrogens with zero attached hydrogens (tertiary/aromatic N) is 1. The second-order valence-corrected chi connectivity index (χ2v) is 11.6. The molecule has 2 atom stereocenters. The van der Waals surface area contributed by atoms with E-state index in [4.69, 9.17) is 19.9 Å². The van der Waals surface area contributed by atoms with Gasteiger partial charge in [-0.25, -0.2) is 0 Å². The van der Waals surface area contributed by atoms with E-state index in [2.05, 4.69) is 25.7 Å². The monoisotopic (exact) mass is 547 g/mol. The smallest absolute Gasteiger partial charge is 0.298 e. The lowest BCUT2D eigenvalue weighted by Gasteiger charge is -2.42. The molecule has 222 valence electrons. The van der Waals surface area contributed by atoms with Crippen molar-refractivity contribution >= 4 is 19.3 Å². The van der Waals surface area contributed by atoms with Gasteiger partial charge in [0.15, 0.2) is 0 Å². The molecule has 1 fully saturated rings. The van der Waals surface area contributed by atoms with E-state index in [1.165, 1.54) is 0 Å². The van der Waals surface area contributed by atoms with Crippen molar-refractivity contribution in [1.82, 2.24) is 10.2 Å². The van der Waals surface area contributed by atoms with Crippen LogP contribution in [0.2, 0.25) is 0 Å². The molecular weight excluding hydrogens is 493 g/mol. The number of hydrogen-bond acceptors (Lipinski definition) is 6. The van der Waals surface area contributed by atoms with Gasteiger partial charge in [-0.15, -0.1) is 0 Å². The number of rotatable bonds is 16. The second kappa shape index (κ2) is 18.4. The minimum absolute atomic E-state index is 0.0294. The zero-order valence-corrected chi connectivity index (χ0v) is 25.4. The zero-order valence-electron chi connectivity index (χ0n) is 25.4. The highest BCUT2D eigenvalue weighted by Crippen LogP contribution is 2.33. The standard InChI is InChI=1S/C30H54BN3O5/c1-8-9-11-15-24(2)16-14-17-26(31-39-30(5,6)29(3,4)23-37-7)33-28(36)25(32)22-27(35)34-18-12-10-13-20-38-21-19-34/h8-9,11,15,25-26,31H,2,10,12-14,16-23,32H2,1,3-7H3,(H,33,36)/b9-8-,15-11-/t25-,26-/m1/s1. The first kappa shape index (κ1) is 35.1. The molecular formula is C30H54BN3O5. The minimum atomic E-state index is -0.926. The third kappa shape index (κ3) is 13.8. The van der Waals surface area contributed by atoms with Gasteiger partial charge in [-0.05, 0) is 59.3 Å². The molecule has 0 saturated carbocycles. The molecule has 2 amide bonds. The summed E-state index contributed by atoms with van der Waals surface area (Å²) in [6, 6.07) is -0.926. The fraction of sp³-hybridized carbons (Fsp3) is 0.733. The van der Waals surface area contributed by atoms with Gasteiger partial charge in [0.2, 0.25) is 11.8 Å². The van der Waals surface area contributed by atoms with Crippen molar-refractivity contribution in [2.45, 2.75) is 97.1 Å². The molecule has 1 heterocycles. The molecule has 0 aromatic rings. The van der Waals surface area contributed by atoms with Crippen LogP contribution in [-0.2, 0) is 23.7 Å². The SMILES string of the molecule is C=C(/C=C\C=C/C)CCC[C@H](BOC(C)(C)C(C)(C)COC)NC(=O)[C@H](N)CC(=O)N1CCCCCOCC1. The third-order valence-electron chi connectivity index (χ3n) is 7.62. The molecule has 8 nitrogen and oxygen atoms in total. The molecule has 1 saturated heterocycles. The summed E-state index contributed by atoms with van der Waals surface area (Å²) in [7, 11) is 2.01. The lowest BCUT2D eigenvalue weighted by Crippen LogP contribution is -2.52. The summed E-state index contributed by atoms with van der Waals surface area (Å²) in [5.41, 5.74) is 6.53. The van der Waals surface area contributed by atoms with Crippen molar-refractivity contribution in [3.05, 3.63) is 36.5 Å². The molecule has 0 bridgehead atoms. The van der Waals surface area contributed by atoms with E-state index >= 15 is 0 Å². The van der Waals surface area contributed by atoms with Gasteiger partial charge < -0.3 is 30.1 Å². The van der Waals surface area contributed by atoms with E-state index < -0.39 is 11.6 Å². The summed E-state index contributed by atoms with van der Waals surface area (Å²) in [4.78, 5) is 27.8. The van der Waals surface area contributed by atoms with Gasteiger partial charge in [0.1, 0.15) is 0 Å². The highest BCUT2D eigenvalue weighted by molar-refractivity contribution is 6.30. The van der Waals surface area contributed by atoms with E-state index in [9.17, 15) is 9.59 Å². The van der Waals surface area contributed by atoms with Crippen LogP contribution in [-0.4, -0.2) is 81.8 Å². The molecule has 9 heteroatoms. The van der Waals surface area contributed by atoms with Crippen LogP contribution in [0.4, 0.5) is 0 Å². The maximum Gasteiger partial charge on any atom is 0.298 e. The fourth-order valence-electron chi connectivity index (χ4n) is 4.24. The van der Waals surface area contributed by atoms with Gasteiger partial charge in [0.05, 0.1) is 31.3 Å². The number of amides is 2. The largest absolute Gasteiger partial charge is 0.432 e. The van der Waals surface area contributed by atoms with Gasteiger partial charge >= 0.3 is 0 Å². The highest BCUT2D eigenvalue weighted by atomic mass is 16.5. The molecule has 39 heavy (non-hydrogen) atoms. The Morgan fingerprint density at radius 3 is 2.59 bits per heavy atom. The number of allylic oxidation sites excluding steroid dienone is 5. The van der Waals surface area contributed by atoms with Crippen molar-refractivity contribution in [2.24, 2.45) is 11.1 Å². The lowest BCUT2D eigenvalue weighted by molar-refractivity contribution is -0.135. The first-order valence-corrected chi connectivity index (χ1v) is 14.4. The van der Waals surface area contributed by atoms with Crippen LogP contribution in [0.5, 0.6) is 0 Å². The summed E-state index contributed by atoms with van der Waals surface area (Å²) in [6.45, 7) is 17.4. The molecule has 0 spiro atoms. The van der Waals surface area contributed by atoms with Crippen LogP contribution in [0, 0.1) is 5.41 Å². The van der Waals surface area contributed by atoms with Crippen molar-refractivity contribution in [3.8, 4) is 0 Å². The van der Waals surface area contributed by atoms with E-state index in [-0.39, 0.29) is 29.6 Å². The molecule has 1 rings (SSSR count). The van der Waals surface area contributed by atoms with Crippen molar-refractivity contribution in [2.75, 3.05) is 40.0 Å². The molecule has 1 aliphatic rings. The van der Waals surface area contributed by atoms with E-state index in [0.717, 1.165) is 44.3 Å². The van der Waals surface area contributed by atoms with Gasteiger partial charge in [-0.2, -0.15) is 0 Å². The summed E-state index contributed by atoms with van der Waals surface area (Å²) in [6.07, 6.45) is 13.2. The zero-order chi connectivity index (χ0) is 29.3. The van der Waals surface area contributed by atoms with Crippen LogP contribution in [0.3, 0.4) is 0 Å². The summed E-state index contributed by atoms with van der Waals surface area (Å²) >= 11 is 0. The van der Waals surface area contributed by atoms with Crippen molar-refractivity contribution in [1.29, 1.82) is 0 Å². The first-order valence-electron chi connectivity index (χ1n) is 14.4. The van der Waals surface area contributed by atoms with Gasteiger partial charge in [0, 0.05) is 38.2 Å². The van der Waals surface area contributed by atoms with Gasteiger partial charge in [-0.3, -0.25) is 9.59 Å². The predicted octanol–water partition coefficient (Wildman–Crippen LogP) is 3.85. The average molecular weight is 548 g/mol. The van der Waals surface area contributed by atoms with E-state index in [0.29, 0.717) is 40.2 Å². The van der Waals surface area contributed by atoms with Crippen LogP contribution in [0.15, 0.2) is 36.5 Å². The number of nitrogens with one attached hydrogen (secondary N) is 1. The predicted molar refractivity (Wildman–Crippen MR) is 161 cm³/mol. The van der Waals surface area contributed by atoms with Crippen molar-refractivity contribution < 1.29 is 23.7 Å². The molecule has 0 aromatic heterocycles. The van der Waals surface area contributed by atoms with Gasteiger partial charge in [0.25, 0.3) is 7.48 Å². The molecule has 0 unspecified atom stereocenters. The normalized spacial score (nSPS) is 17.4. The quantitative estimate of drug-likeness (QED) is 0.225. The number of carbonyl (C=O) groups is 2. The maximum atomic E-state index is 13.1. The lowest BCUT2D eigenvalue weighted by atomic mass is 9.74. The Morgan fingerprint density at radius 2 is 1.90 bits per heavy atom. The number of nitrogens with two attached hydrogens (primary N) is 1. The Balaban J connectivity index is 2.80. The molecule has 0 radical (unpaired) electrons. The summed E-state index contributed by atoms with van der Waals surface area (Å²) in [5.74, 6) is -0.692. The van der Waals surface area contributed by atoms with Gasteiger partial charge in [-0.1, -0.05) is 50.3 Å². The number of ether oxygens (including phenoxy) is 2. The topological polar surface area (TPSA) is 103 Å². The second-order valence-electron chi connectivity index (χ2n) is 11.6. The summed E-state index contributed by atoms with van der Waals surface area (Å²) in [5, 5.41) is 3.07. The molecule has 3 N–H and O–H groups in total. The molecule has 1 aliphatic heterocycles. The van der Waals surface area contributed by atoms with Crippen LogP contribution in [0.25, 0.3) is 0 Å². The number of carbonyl (C=O) groups excluding carboxylic acids is 2.